The van der Waals surface area contributed by atoms with E-state index < -0.39 is 0 Å². The van der Waals surface area contributed by atoms with Crippen molar-refractivity contribution >= 4 is 5.82 Å². The van der Waals surface area contributed by atoms with E-state index in [1.807, 2.05) is 6.20 Å². The summed E-state index contributed by atoms with van der Waals surface area (Å²) in [4.78, 5) is 13.6. The molecular weight excluding hydrogens is 322 g/mol. The van der Waals surface area contributed by atoms with Crippen LogP contribution in [0.1, 0.15) is 39.0 Å². The lowest BCUT2D eigenvalue weighted by Crippen LogP contribution is -2.47. The van der Waals surface area contributed by atoms with Crippen molar-refractivity contribution in [1.29, 1.82) is 0 Å². The molecule has 2 atom stereocenters. The third-order valence-corrected chi connectivity index (χ3v) is 6.51. The highest BCUT2D eigenvalue weighted by Gasteiger charge is 2.41. The topological polar surface area (TPSA) is 44.3 Å². The summed E-state index contributed by atoms with van der Waals surface area (Å²) in [5, 5.41) is 3.76. The molecule has 2 saturated carbocycles. The largest absolute Gasteiger partial charge is 0.386 e. The molecule has 142 valence electrons. The maximum Gasteiger partial charge on any atom is 0.147 e. The molecule has 1 aromatic rings. The fraction of sp³-hybridized carbons (Fsp3) is 0.714. The smallest absolute Gasteiger partial charge is 0.147 e. The van der Waals surface area contributed by atoms with Gasteiger partial charge in [0.25, 0.3) is 0 Å². The molecule has 2 aliphatic carbocycles. The normalized spacial score (nSPS) is 32.3. The zero-order chi connectivity index (χ0) is 17.9. The van der Waals surface area contributed by atoms with Crippen LogP contribution in [-0.2, 0) is 0 Å². The maximum atomic E-state index is 4.42. The monoisotopic (exact) mass is 355 g/mol. The highest BCUT2D eigenvalue weighted by Crippen LogP contribution is 2.43. The Bertz CT molecular complexity index is 588. The molecule has 1 unspecified atom stereocenters. The maximum absolute atomic E-state index is 4.42. The van der Waals surface area contributed by atoms with Crippen LogP contribution in [-0.4, -0.2) is 53.6 Å². The van der Waals surface area contributed by atoms with E-state index in [1.54, 1.807) is 12.4 Å². The number of allylic oxidation sites excluding steroid dienone is 1. The quantitative estimate of drug-likeness (QED) is 0.850. The molecule has 0 amide bonds. The second kappa shape index (κ2) is 7.95. The van der Waals surface area contributed by atoms with Gasteiger partial charge in [0.05, 0.1) is 6.20 Å². The lowest BCUT2D eigenvalue weighted by atomic mass is 9.87. The van der Waals surface area contributed by atoms with Gasteiger partial charge in [0, 0.05) is 62.8 Å². The fourth-order valence-corrected chi connectivity index (χ4v) is 4.60. The van der Waals surface area contributed by atoms with Gasteiger partial charge in [-0.15, -0.1) is 0 Å². The van der Waals surface area contributed by atoms with Crippen molar-refractivity contribution in [3.05, 3.63) is 30.9 Å². The number of anilines is 1. The van der Waals surface area contributed by atoms with Gasteiger partial charge in [0.1, 0.15) is 5.82 Å². The average molecular weight is 356 g/mol. The summed E-state index contributed by atoms with van der Waals surface area (Å²) < 4.78 is 0. The van der Waals surface area contributed by atoms with Crippen LogP contribution in [0.25, 0.3) is 0 Å². The Morgan fingerprint density at radius 1 is 1.15 bits per heavy atom. The zero-order valence-electron chi connectivity index (χ0n) is 16.1. The van der Waals surface area contributed by atoms with Gasteiger partial charge in [0.2, 0.25) is 0 Å². The van der Waals surface area contributed by atoms with Gasteiger partial charge in [-0.25, -0.2) is 4.98 Å². The molecule has 5 nitrogen and oxygen atoms in total. The Labute approximate surface area is 157 Å². The zero-order valence-corrected chi connectivity index (χ0v) is 16.1. The van der Waals surface area contributed by atoms with Crippen LogP contribution < -0.4 is 10.2 Å². The molecule has 1 aromatic heterocycles. The lowest BCUT2D eigenvalue weighted by molar-refractivity contribution is 0.243. The lowest BCUT2D eigenvalue weighted by Gasteiger charge is -2.35. The average Bonchev–Trinajstić information content (AvgIpc) is 3.44. The number of aromatic nitrogens is 2. The summed E-state index contributed by atoms with van der Waals surface area (Å²) in [6.07, 6.45) is 12.1. The number of nitrogens with one attached hydrogen (secondary N) is 1. The summed E-state index contributed by atoms with van der Waals surface area (Å²) in [6, 6.07) is 0.676. The van der Waals surface area contributed by atoms with Crippen LogP contribution in [0.2, 0.25) is 0 Å². The van der Waals surface area contributed by atoms with Crippen LogP contribution in [0.5, 0.6) is 0 Å². The summed E-state index contributed by atoms with van der Waals surface area (Å²) >= 11 is 0. The van der Waals surface area contributed by atoms with Crippen molar-refractivity contribution in [3.8, 4) is 0 Å². The molecule has 1 N–H and O–H groups in total. The second-order valence-electron chi connectivity index (χ2n) is 8.58. The van der Waals surface area contributed by atoms with Gasteiger partial charge in [-0.3, -0.25) is 9.88 Å². The number of rotatable bonds is 6. The van der Waals surface area contributed by atoms with Crippen molar-refractivity contribution < 1.29 is 0 Å². The van der Waals surface area contributed by atoms with E-state index in [2.05, 4.69) is 38.6 Å². The third kappa shape index (κ3) is 4.37. The predicted octanol–water partition coefficient (Wildman–Crippen LogP) is 2.92. The van der Waals surface area contributed by atoms with E-state index in [0.717, 1.165) is 43.8 Å². The number of hydrogen-bond donors (Lipinski definition) is 1. The fourth-order valence-electron chi connectivity index (χ4n) is 4.60. The minimum absolute atomic E-state index is 0.676. The first-order valence-electron chi connectivity index (χ1n) is 10.4. The van der Waals surface area contributed by atoms with Crippen LogP contribution >= 0.6 is 0 Å². The molecule has 2 heterocycles. The predicted molar refractivity (Wildman–Crippen MR) is 106 cm³/mol. The van der Waals surface area contributed by atoms with Gasteiger partial charge < -0.3 is 10.2 Å². The molecule has 3 aliphatic rings. The molecule has 5 heteroatoms. The molecule has 1 saturated heterocycles. The van der Waals surface area contributed by atoms with Crippen LogP contribution in [0.4, 0.5) is 5.82 Å². The minimum Gasteiger partial charge on any atom is -0.386 e. The first-order chi connectivity index (χ1) is 12.7. The number of piperazine rings is 1. The Balaban J connectivity index is 1.17. The molecular formula is C21H33N5. The van der Waals surface area contributed by atoms with E-state index >= 15 is 0 Å². The van der Waals surface area contributed by atoms with Gasteiger partial charge >= 0.3 is 0 Å². The molecule has 3 fully saturated rings. The highest BCUT2D eigenvalue weighted by atomic mass is 15.3. The minimum atomic E-state index is 0.676. The van der Waals surface area contributed by atoms with Crippen molar-refractivity contribution in [2.75, 3.05) is 37.6 Å². The Morgan fingerprint density at radius 3 is 2.62 bits per heavy atom. The summed E-state index contributed by atoms with van der Waals surface area (Å²) in [5.74, 6) is 3.43. The van der Waals surface area contributed by atoms with Gasteiger partial charge in [0.15, 0.2) is 0 Å². The molecule has 1 aliphatic heterocycles. The van der Waals surface area contributed by atoms with E-state index in [1.165, 1.54) is 44.3 Å². The van der Waals surface area contributed by atoms with E-state index in [-0.39, 0.29) is 0 Å². The second-order valence-corrected chi connectivity index (χ2v) is 8.58. The summed E-state index contributed by atoms with van der Waals surface area (Å²) in [7, 11) is 0. The number of nitrogens with zero attached hydrogens (tertiary/aromatic N) is 4. The van der Waals surface area contributed by atoms with Gasteiger partial charge in [-0.2, -0.15) is 0 Å². The summed E-state index contributed by atoms with van der Waals surface area (Å²) in [6.45, 7) is 12.3. The van der Waals surface area contributed by atoms with Crippen molar-refractivity contribution in [1.82, 2.24) is 20.2 Å². The Hall–Kier alpha value is -1.62. The Morgan fingerprint density at radius 2 is 1.92 bits per heavy atom. The highest BCUT2D eigenvalue weighted by molar-refractivity contribution is 5.35. The Kier molecular flexibility index (Phi) is 5.44. The van der Waals surface area contributed by atoms with Gasteiger partial charge in [-0.05, 0) is 43.9 Å². The molecule has 4 rings (SSSR count). The molecule has 0 radical (unpaired) electrons. The number of hydrogen-bond acceptors (Lipinski definition) is 5. The van der Waals surface area contributed by atoms with Crippen molar-refractivity contribution in [3.63, 3.8) is 0 Å². The van der Waals surface area contributed by atoms with Crippen LogP contribution in [0.3, 0.4) is 0 Å². The van der Waals surface area contributed by atoms with E-state index in [9.17, 15) is 0 Å². The van der Waals surface area contributed by atoms with Crippen LogP contribution in [0, 0.1) is 17.8 Å². The SMILES string of the molecule is C=C(NC1CCC(C)CC1)[C@H]1CC1CN1CCN(c2cnccn2)CC1. The molecule has 26 heavy (non-hydrogen) atoms. The van der Waals surface area contributed by atoms with Crippen molar-refractivity contribution in [2.45, 2.75) is 45.1 Å². The van der Waals surface area contributed by atoms with Gasteiger partial charge in [-0.1, -0.05) is 13.5 Å². The molecule has 0 aromatic carbocycles. The molecule has 0 spiro atoms. The van der Waals surface area contributed by atoms with E-state index in [4.69, 9.17) is 0 Å². The van der Waals surface area contributed by atoms with E-state index in [0.29, 0.717) is 12.0 Å². The first kappa shape index (κ1) is 17.8. The standard InChI is InChI=1S/C21H33N5/c1-16-3-5-19(6-4-16)24-17(2)20-13-18(20)15-25-9-11-26(12-10-25)21-14-22-7-8-23-21/h7-8,14,16,18-20,24H,2-6,9-13,15H2,1H3/t16?,18?,19?,20-/m1/s1. The van der Waals surface area contributed by atoms with Crippen LogP contribution in [0.15, 0.2) is 30.9 Å². The van der Waals surface area contributed by atoms with Crippen molar-refractivity contribution in [2.24, 2.45) is 17.8 Å². The third-order valence-electron chi connectivity index (χ3n) is 6.51. The molecule has 0 bridgehead atoms. The first-order valence-corrected chi connectivity index (χ1v) is 10.4. The summed E-state index contributed by atoms with van der Waals surface area (Å²) in [5.41, 5.74) is 1.31.